The summed E-state index contributed by atoms with van der Waals surface area (Å²) in [6.45, 7) is 9.53. The van der Waals surface area contributed by atoms with Crippen molar-refractivity contribution in [2.45, 2.75) is 52.9 Å². The Morgan fingerprint density at radius 1 is 1.13 bits per heavy atom. The standard InChI is InChI=1S/C19H26N2O2/c1-13-18(22)17(9-20)15(10-21-13)12-23-11-14-5-7-16(8-6-14)19(2,3)4/h5-8,10,22H,9,11-12,20H2,1-4H3. The zero-order valence-corrected chi connectivity index (χ0v) is 14.4. The molecular weight excluding hydrogens is 288 g/mol. The predicted octanol–water partition coefficient (Wildman–Crippen LogP) is 3.57. The highest BCUT2D eigenvalue weighted by Crippen LogP contribution is 2.24. The summed E-state index contributed by atoms with van der Waals surface area (Å²) in [5.41, 5.74) is 10.4. The molecule has 2 rings (SSSR count). The number of hydrogen-bond acceptors (Lipinski definition) is 4. The minimum atomic E-state index is 0.153. The van der Waals surface area contributed by atoms with Crippen LogP contribution in [0.3, 0.4) is 0 Å². The van der Waals surface area contributed by atoms with Crippen LogP contribution in [0.4, 0.5) is 0 Å². The maximum atomic E-state index is 10.0. The Labute approximate surface area is 138 Å². The fourth-order valence-electron chi connectivity index (χ4n) is 2.42. The fraction of sp³-hybridized carbons (Fsp3) is 0.421. The smallest absolute Gasteiger partial charge is 0.141 e. The van der Waals surface area contributed by atoms with Gasteiger partial charge in [0.15, 0.2) is 0 Å². The Morgan fingerprint density at radius 2 is 1.78 bits per heavy atom. The van der Waals surface area contributed by atoms with E-state index in [0.717, 1.165) is 11.1 Å². The van der Waals surface area contributed by atoms with Gasteiger partial charge in [-0.15, -0.1) is 0 Å². The van der Waals surface area contributed by atoms with Crippen LogP contribution in [-0.4, -0.2) is 10.1 Å². The van der Waals surface area contributed by atoms with Crippen molar-refractivity contribution in [3.63, 3.8) is 0 Å². The Balaban J connectivity index is 1.99. The number of aryl methyl sites for hydroxylation is 1. The van der Waals surface area contributed by atoms with E-state index in [4.69, 9.17) is 10.5 Å². The lowest BCUT2D eigenvalue weighted by Crippen LogP contribution is -2.10. The third kappa shape index (κ3) is 4.30. The summed E-state index contributed by atoms with van der Waals surface area (Å²) in [5, 5.41) is 10.0. The minimum Gasteiger partial charge on any atom is -0.506 e. The summed E-state index contributed by atoms with van der Waals surface area (Å²) < 4.78 is 5.76. The van der Waals surface area contributed by atoms with E-state index >= 15 is 0 Å². The van der Waals surface area contributed by atoms with Crippen LogP contribution in [0, 0.1) is 6.92 Å². The van der Waals surface area contributed by atoms with E-state index in [1.54, 1.807) is 13.1 Å². The van der Waals surface area contributed by atoms with Crippen molar-refractivity contribution in [3.05, 3.63) is 58.4 Å². The molecule has 0 atom stereocenters. The summed E-state index contributed by atoms with van der Waals surface area (Å²) in [6.07, 6.45) is 1.72. The third-order valence-electron chi connectivity index (χ3n) is 3.98. The van der Waals surface area contributed by atoms with E-state index < -0.39 is 0 Å². The third-order valence-corrected chi connectivity index (χ3v) is 3.98. The van der Waals surface area contributed by atoms with Gasteiger partial charge in [0.05, 0.1) is 18.9 Å². The number of nitrogens with zero attached hydrogens (tertiary/aromatic N) is 1. The lowest BCUT2D eigenvalue weighted by atomic mass is 9.87. The number of hydrogen-bond donors (Lipinski definition) is 2. The van der Waals surface area contributed by atoms with Gasteiger partial charge in [-0.05, 0) is 23.5 Å². The van der Waals surface area contributed by atoms with Gasteiger partial charge in [0.25, 0.3) is 0 Å². The number of ether oxygens (including phenoxy) is 1. The summed E-state index contributed by atoms with van der Waals surface area (Å²) in [4.78, 5) is 4.17. The molecule has 0 unspecified atom stereocenters. The molecule has 0 spiro atoms. The summed E-state index contributed by atoms with van der Waals surface area (Å²) in [5.74, 6) is 0.170. The van der Waals surface area contributed by atoms with Crippen LogP contribution in [0.1, 0.15) is 48.7 Å². The second-order valence-electron chi connectivity index (χ2n) is 6.84. The highest BCUT2D eigenvalue weighted by Gasteiger charge is 2.13. The van der Waals surface area contributed by atoms with Crippen molar-refractivity contribution < 1.29 is 9.84 Å². The monoisotopic (exact) mass is 314 g/mol. The van der Waals surface area contributed by atoms with Gasteiger partial charge in [-0.25, -0.2) is 0 Å². The molecule has 0 saturated heterocycles. The van der Waals surface area contributed by atoms with Gasteiger partial charge in [-0.1, -0.05) is 45.0 Å². The van der Waals surface area contributed by atoms with Crippen LogP contribution < -0.4 is 5.73 Å². The number of aromatic hydroxyl groups is 1. The van der Waals surface area contributed by atoms with Crippen molar-refractivity contribution in [2.24, 2.45) is 5.73 Å². The SMILES string of the molecule is Cc1ncc(COCc2ccc(C(C)(C)C)cc2)c(CN)c1O. The first-order valence-corrected chi connectivity index (χ1v) is 7.86. The molecule has 0 aliphatic heterocycles. The summed E-state index contributed by atoms with van der Waals surface area (Å²) in [7, 11) is 0. The first kappa shape index (κ1) is 17.4. The molecule has 0 fully saturated rings. The van der Waals surface area contributed by atoms with Crippen LogP contribution >= 0.6 is 0 Å². The fourth-order valence-corrected chi connectivity index (χ4v) is 2.42. The molecule has 1 aromatic heterocycles. The lowest BCUT2D eigenvalue weighted by Gasteiger charge is -2.19. The number of benzene rings is 1. The highest BCUT2D eigenvalue weighted by molar-refractivity contribution is 5.40. The first-order chi connectivity index (χ1) is 10.8. The topological polar surface area (TPSA) is 68.4 Å². The number of nitrogens with two attached hydrogens (primary N) is 1. The highest BCUT2D eigenvalue weighted by atomic mass is 16.5. The largest absolute Gasteiger partial charge is 0.506 e. The van der Waals surface area contributed by atoms with Gasteiger partial charge in [0.2, 0.25) is 0 Å². The van der Waals surface area contributed by atoms with E-state index in [1.807, 2.05) is 0 Å². The Bertz CT molecular complexity index is 658. The van der Waals surface area contributed by atoms with Crippen LogP contribution in [-0.2, 0) is 29.9 Å². The van der Waals surface area contributed by atoms with Crippen LogP contribution in [0.25, 0.3) is 0 Å². The molecule has 1 aromatic carbocycles. The van der Waals surface area contributed by atoms with E-state index in [9.17, 15) is 5.11 Å². The van der Waals surface area contributed by atoms with Crippen molar-refractivity contribution >= 4 is 0 Å². The van der Waals surface area contributed by atoms with Crippen molar-refractivity contribution in [3.8, 4) is 5.75 Å². The molecule has 1 heterocycles. The van der Waals surface area contributed by atoms with Gasteiger partial charge in [-0.3, -0.25) is 4.98 Å². The zero-order valence-electron chi connectivity index (χ0n) is 14.4. The van der Waals surface area contributed by atoms with E-state index in [2.05, 4.69) is 50.0 Å². The molecular formula is C19H26N2O2. The molecule has 0 bridgehead atoms. The van der Waals surface area contributed by atoms with Crippen LogP contribution in [0.5, 0.6) is 5.75 Å². The van der Waals surface area contributed by atoms with E-state index in [-0.39, 0.29) is 17.7 Å². The number of rotatable bonds is 5. The average molecular weight is 314 g/mol. The van der Waals surface area contributed by atoms with Crippen molar-refractivity contribution in [1.29, 1.82) is 0 Å². The molecule has 0 radical (unpaired) electrons. The summed E-state index contributed by atoms with van der Waals surface area (Å²) >= 11 is 0. The maximum absolute atomic E-state index is 10.0. The molecule has 0 saturated carbocycles. The summed E-state index contributed by atoms with van der Waals surface area (Å²) in [6, 6.07) is 8.47. The zero-order chi connectivity index (χ0) is 17.0. The van der Waals surface area contributed by atoms with Gasteiger partial charge in [0.1, 0.15) is 5.75 Å². The van der Waals surface area contributed by atoms with Crippen molar-refractivity contribution in [1.82, 2.24) is 4.98 Å². The Hall–Kier alpha value is -1.91. The molecule has 0 aliphatic rings. The molecule has 124 valence electrons. The molecule has 2 aromatic rings. The Morgan fingerprint density at radius 3 is 2.35 bits per heavy atom. The average Bonchev–Trinajstić information content (AvgIpc) is 2.51. The first-order valence-electron chi connectivity index (χ1n) is 7.86. The predicted molar refractivity (Wildman–Crippen MR) is 92.2 cm³/mol. The van der Waals surface area contributed by atoms with Gasteiger partial charge < -0.3 is 15.6 Å². The van der Waals surface area contributed by atoms with Gasteiger partial charge in [0, 0.05) is 23.9 Å². The second kappa shape index (κ2) is 7.11. The Kier molecular flexibility index (Phi) is 5.39. The molecule has 4 nitrogen and oxygen atoms in total. The van der Waals surface area contributed by atoms with E-state index in [1.165, 1.54) is 5.56 Å². The van der Waals surface area contributed by atoms with Gasteiger partial charge >= 0.3 is 0 Å². The molecule has 4 heteroatoms. The molecule has 3 N–H and O–H groups in total. The number of aromatic nitrogens is 1. The molecule has 23 heavy (non-hydrogen) atoms. The minimum absolute atomic E-state index is 0.153. The van der Waals surface area contributed by atoms with Crippen LogP contribution in [0.15, 0.2) is 30.5 Å². The molecule has 0 amide bonds. The number of pyridine rings is 1. The lowest BCUT2D eigenvalue weighted by molar-refractivity contribution is 0.106. The normalized spacial score (nSPS) is 11.7. The maximum Gasteiger partial charge on any atom is 0.141 e. The van der Waals surface area contributed by atoms with E-state index in [0.29, 0.717) is 24.5 Å². The van der Waals surface area contributed by atoms with Crippen molar-refractivity contribution in [2.75, 3.05) is 0 Å². The van der Waals surface area contributed by atoms with Gasteiger partial charge in [-0.2, -0.15) is 0 Å². The second-order valence-corrected chi connectivity index (χ2v) is 6.84. The molecule has 0 aliphatic carbocycles. The van der Waals surface area contributed by atoms with Crippen LogP contribution in [0.2, 0.25) is 0 Å². The quantitative estimate of drug-likeness (QED) is 0.885.